The number of nitrogens with zero attached hydrogens (tertiary/aromatic N) is 3. The first-order chi connectivity index (χ1) is 9.69. The van der Waals surface area contributed by atoms with Gasteiger partial charge in [-0.25, -0.2) is 4.79 Å². The Hall–Kier alpha value is -0.810. The van der Waals surface area contributed by atoms with E-state index in [0.717, 1.165) is 51.7 Å². The van der Waals surface area contributed by atoms with E-state index in [-0.39, 0.29) is 6.03 Å². The highest BCUT2D eigenvalue weighted by molar-refractivity contribution is 5.74. The van der Waals surface area contributed by atoms with E-state index < -0.39 is 0 Å². The van der Waals surface area contributed by atoms with Crippen molar-refractivity contribution in [1.82, 2.24) is 20.0 Å². The van der Waals surface area contributed by atoms with Crippen molar-refractivity contribution in [3.05, 3.63) is 0 Å². The number of carbonyl (C=O) groups excluding carboxylic acids is 1. The maximum Gasteiger partial charge on any atom is 0.317 e. The Bertz CT molecular complexity index is 294. The van der Waals surface area contributed by atoms with E-state index in [0.29, 0.717) is 0 Å². The summed E-state index contributed by atoms with van der Waals surface area (Å²) < 4.78 is 0. The third kappa shape index (κ3) is 4.63. The molecule has 1 N–H and O–H groups in total. The van der Waals surface area contributed by atoms with Gasteiger partial charge in [-0.3, -0.25) is 0 Å². The fourth-order valence-corrected chi connectivity index (χ4v) is 2.99. The lowest BCUT2D eigenvalue weighted by atomic mass is 9.99. The molecule has 0 saturated carbocycles. The highest BCUT2D eigenvalue weighted by Gasteiger charge is 2.20. The molecular weight excluding hydrogens is 252 g/mol. The molecule has 2 rings (SSSR count). The van der Waals surface area contributed by atoms with Crippen molar-refractivity contribution in [3.8, 4) is 0 Å². The van der Waals surface area contributed by atoms with Crippen LogP contribution < -0.4 is 5.32 Å². The molecule has 0 radical (unpaired) electrons. The highest BCUT2D eigenvalue weighted by Crippen LogP contribution is 2.15. The van der Waals surface area contributed by atoms with E-state index in [1.54, 1.807) is 0 Å². The van der Waals surface area contributed by atoms with Crippen molar-refractivity contribution in [2.24, 2.45) is 5.92 Å². The number of urea groups is 1. The zero-order valence-electron chi connectivity index (χ0n) is 13.1. The molecule has 0 aliphatic carbocycles. The zero-order chi connectivity index (χ0) is 14.4. The van der Waals surface area contributed by atoms with Crippen molar-refractivity contribution in [1.29, 1.82) is 0 Å². The van der Waals surface area contributed by atoms with Gasteiger partial charge in [0, 0.05) is 39.3 Å². The molecule has 2 aliphatic rings. The van der Waals surface area contributed by atoms with Crippen molar-refractivity contribution in [2.45, 2.75) is 26.7 Å². The van der Waals surface area contributed by atoms with Gasteiger partial charge in [0.05, 0.1) is 0 Å². The van der Waals surface area contributed by atoms with Gasteiger partial charge in [0.1, 0.15) is 0 Å². The second kappa shape index (κ2) is 7.84. The lowest BCUT2D eigenvalue weighted by Gasteiger charge is -2.34. The molecule has 2 amide bonds. The monoisotopic (exact) mass is 282 g/mol. The van der Waals surface area contributed by atoms with Crippen molar-refractivity contribution in [3.63, 3.8) is 0 Å². The van der Waals surface area contributed by atoms with E-state index in [9.17, 15) is 4.79 Å². The van der Waals surface area contributed by atoms with Crippen molar-refractivity contribution in [2.75, 3.05) is 58.9 Å². The quantitative estimate of drug-likeness (QED) is 0.838. The molecule has 0 aromatic heterocycles. The average molecular weight is 282 g/mol. The highest BCUT2D eigenvalue weighted by atomic mass is 16.2. The second-order valence-corrected chi connectivity index (χ2v) is 6.18. The van der Waals surface area contributed by atoms with Gasteiger partial charge in [-0.05, 0) is 38.4 Å². The number of likely N-dealkylation sites (tertiary alicyclic amines) is 1. The molecule has 5 nitrogen and oxygen atoms in total. The topological polar surface area (TPSA) is 38.8 Å². The van der Waals surface area contributed by atoms with Crippen LogP contribution in [0, 0.1) is 5.92 Å². The van der Waals surface area contributed by atoms with Crippen LogP contribution in [0.4, 0.5) is 4.79 Å². The third-order valence-corrected chi connectivity index (χ3v) is 4.69. The molecule has 0 aromatic rings. The summed E-state index contributed by atoms with van der Waals surface area (Å²) >= 11 is 0. The largest absolute Gasteiger partial charge is 0.337 e. The van der Waals surface area contributed by atoms with Gasteiger partial charge in [0.15, 0.2) is 0 Å². The summed E-state index contributed by atoms with van der Waals surface area (Å²) in [7, 11) is 0. The Morgan fingerprint density at radius 1 is 1.05 bits per heavy atom. The zero-order valence-corrected chi connectivity index (χ0v) is 13.1. The molecule has 5 heteroatoms. The summed E-state index contributed by atoms with van der Waals surface area (Å²) in [6, 6.07) is 0.117. The Labute approximate surface area is 123 Å². The number of hydrogen-bond donors (Lipinski definition) is 1. The number of nitrogens with one attached hydrogen (secondary N) is 1. The van der Waals surface area contributed by atoms with E-state index >= 15 is 0 Å². The molecule has 2 heterocycles. The first-order valence-electron chi connectivity index (χ1n) is 8.16. The Morgan fingerprint density at radius 3 is 2.30 bits per heavy atom. The summed E-state index contributed by atoms with van der Waals surface area (Å²) in [6.45, 7) is 13.5. The molecule has 20 heavy (non-hydrogen) atoms. The summed E-state index contributed by atoms with van der Waals surface area (Å²) in [4.78, 5) is 18.9. The van der Waals surface area contributed by atoms with Gasteiger partial charge in [0.25, 0.3) is 0 Å². The molecule has 0 unspecified atom stereocenters. The van der Waals surface area contributed by atoms with Crippen LogP contribution in [0.1, 0.15) is 26.7 Å². The molecule has 2 aliphatic heterocycles. The minimum atomic E-state index is 0.117. The normalized spacial score (nSPS) is 23.0. The molecule has 0 atom stereocenters. The fourth-order valence-electron chi connectivity index (χ4n) is 2.99. The lowest BCUT2D eigenvalue weighted by molar-refractivity contribution is 0.140. The number of piperidine rings is 1. The van der Waals surface area contributed by atoms with Crippen LogP contribution in [0.15, 0.2) is 0 Å². The standard InChI is InChI=1S/C15H30N4O/c1-3-17-10-12-19(13-11-17)15(20)16-6-9-18-7-4-14(2)5-8-18/h14H,3-13H2,1-2H3,(H,16,20). The van der Waals surface area contributed by atoms with Gasteiger partial charge in [-0.2, -0.15) is 0 Å². The van der Waals surface area contributed by atoms with Crippen LogP contribution in [-0.4, -0.2) is 79.6 Å². The molecule has 116 valence electrons. The maximum atomic E-state index is 12.1. The number of amides is 2. The van der Waals surface area contributed by atoms with E-state index in [2.05, 4.69) is 29.0 Å². The number of piperazine rings is 1. The van der Waals surface area contributed by atoms with E-state index in [1.807, 2.05) is 4.90 Å². The Balaban J connectivity index is 1.58. The van der Waals surface area contributed by atoms with Crippen LogP contribution in [-0.2, 0) is 0 Å². The summed E-state index contributed by atoms with van der Waals surface area (Å²) in [5.74, 6) is 0.871. The average Bonchev–Trinajstić information content (AvgIpc) is 2.49. The summed E-state index contributed by atoms with van der Waals surface area (Å²) in [5, 5.41) is 3.07. The minimum Gasteiger partial charge on any atom is -0.337 e. The lowest BCUT2D eigenvalue weighted by Crippen LogP contribution is -2.52. The smallest absolute Gasteiger partial charge is 0.317 e. The predicted octanol–water partition coefficient (Wildman–Crippen LogP) is 1.07. The third-order valence-electron chi connectivity index (χ3n) is 4.69. The molecular formula is C15H30N4O. The SMILES string of the molecule is CCN1CCN(C(=O)NCCN2CCC(C)CC2)CC1. The molecule has 0 bridgehead atoms. The van der Waals surface area contributed by atoms with Crippen LogP contribution in [0.25, 0.3) is 0 Å². The van der Waals surface area contributed by atoms with Crippen LogP contribution in [0.3, 0.4) is 0 Å². The molecule has 0 spiro atoms. The van der Waals surface area contributed by atoms with Gasteiger partial charge >= 0.3 is 6.03 Å². The fraction of sp³-hybridized carbons (Fsp3) is 0.933. The molecule has 2 saturated heterocycles. The van der Waals surface area contributed by atoms with Gasteiger partial charge < -0.3 is 20.0 Å². The van der Waals surface area contributed by atoms with Crippen LogP contribution in [0.2, 0.25) is 0 Å². The Kier molecular flexibility index (Phi) is 6.10. The maximum absolute atomic E-state index is 12.1. The number of rotatable bonds is 4. The summed E-state index contributed by atoms with van der Waals surface area (Å²) in [6.07, 6.45) is 2.60. The second-order valence-electron chi connectivity index (χ2n) is 6.18. The first kappa shape index (κ1) is 15.6. The number of likely N-dealkylation sites (N-methyl/N-ethyl adjacent to an activating group) is 1. The van der Waals surface area contributed by atoms with Crippen molar-refractivity contribution < 1.29 is 4.79 Å². The summed E-state index contributed by atoms with van der Waals surface area (Å²) in [5.41, 5.74) is 0. The van der Waals surface area contributed by atoms with Gasteiger partial charge in [0.2, 0.25) is 0 Å². The number of carbonyl (C=O) groups is 1. The number of hydrogen-bond acceptors (Lipinski definition) is 3. The van der Waals surface area contributed by atoms with Gasteiger partial charge in [-0.15, -0.1) is 0 Å². The van der Waals surface area contributed by atoms with E-state index in [4.69, 9.17) is 0 Å². The first-order valence-corrected chi connectivity index (χ1v) is 8.16. The van der Waals surface area contributed by atoms with E-state index in [1.165, 1.54) is 25.9 Å². The predicted molar refractivity (Wildman–Crippen MR) is 81.9 cm³/mol. The minimum absolute atomic E-state index is 0.117. The van der Waals surface area contributed by atoms with Crippen LogP contribution in [0.5, 0.6) is 0 Å². The van der Waals surface area contributed by atoms with Gasteiger partial charge in [-0.1, -0.05) is 13.8 Å². The van der Waals surface area contributed by atoms with Crippen molar-refractivity contribution >= 4 is 6.03 Å². The molecule has 0 aromatic carbocycles. The van der Waals surface area contributed by atoms with Crippen LogP contribution >= 0.6 is 0 Å². The molecule has 2 fully saturated rings. The Morgan fingerprint density at radius 2 is 1.70 bits per heavy atom.